The standard InChI is InChI=1S/C25H41N3O5/c1-8-10-13-16-26-22(31)21(18-14-11-12-15-19(18)29)28(25(6,7)9-2)20(30)17-27-23(32)33-24(3,4)5/h11-12,14-15,21,29H,8-10,13,16-17H2,1-7H3,(H,26,31)(H,27,32). The second kappa shape index (κ2) is 12.5. The fraction of sp³-hybridized carbons (Fsp3) is 0.640. The van der Waals surface area contributed by atoms with Gasteiger partial charge in [-0.3, -0.25) is 9.59 Å². The lowest BCUT2D eigenvalue weighted by Gasteiger charge is -2.43. The molecule has 0 aliphatic heterocycles. The SMILES string of the molecule is CCCCCNC(=O)C(c1ccccc1O)N(C(=O)CNC(=O)OC(C)(C)C)C(C)(C)CC. The van der Waals surface area contributed by atoms with Crippen molar-refractivity contribution in [2.45, 2.75) is 91.3 Å². The Bertz CT molecular complexity index is 801. The molecular formula is C25H41N3O5. The summed E-state index contributed by atoms with van der Waals surface area (Å²) in [6.45, 7) is 13.0. The molecule has 0 fully saturated rings. The van der Waals surface area contributed by atoms with Crippen LogP contribution in [0, 0.1) is 0 Å². The number of carbonyl (C=O) groups excluding carboxylic acids is 3. The number of amides is 3. The van der Waals surface area contributed by atoms with Crippen LogP contribution in [-0.4, -0.2) is 52.1 Å². The number of alkyl carbamates (subject to hydrolysis) is 1. The van der Waals surface area contributed by atoms with Crippen LogP contribution in [0.2, 0.25) is 0 Å². The maximum absolute atomic E-state index is 13.4. The highest BCUT2D eigenvalue weighted by molar-refractivity contribution is 5.91. The van der Waals surface area contributed by atoms with E-state index in [0.29, 0.717) is 18.5 Å². The number of phenols is 1. The van der Waals surface area contributed by atoms with Gasteiger partial charge in [-0.1, -0.05) is 44.9 Å². The molecule has 0 saturated heterocycles. The Morgan fingerprint density at radius 2 is 1.67 bits per heavy atom. The topological polar surface area (TPSA) is 108 Å². The summed E-state index contributed by atoms with van der Waals surface area (Å²) in [6.07, 6.45) is 2.65. The van der Waals surface area contributed by atoms with Crippen molar-refractivity contribution in [3.63, 3.8) is 0 Å². The fourth-order valence-electron chi connectivity index (χ4n) is 3.35. The van der Waals surface area contributed by atoms with E-state index < -0.39 is 29.2 Å². The molecule has 3 N–H and O–H groups in total. The molecule has 0 aliphatic rings. The first-order valence-electron chi connectivity index (χ1n) is 11.7. The molecule has 0 bridgehead atoms. The molecule has 1 aromatic carbocycles. The van der Waals surface area contributed by atoms with E-state index in [4.69, 9.17) is 4.74 Å². The molecule has 8 heteroatoms. The van der Waals surface area contributed by atoms with Crippen molar-refractivity contribution in [2.75, 3.05) is 13.1 Å². The van der Waals surface area contributed by atoms with Crippen molar-refractivity contribution < 1.29 is 24.2 Å². The van der Waals surface area contributed by atoms with Crippen LogP contribution < -0.4 is 10.6 Å². The van der Waals surface area contributed by atoms with Crippen LogP contribution in [0.4, 0.5) is 4.79 Å². The molecule has 1 aromatic rings. The van der Waals surface area contributed by atoms with Gasteiger partial charge in [0.25, 0.3) is 0 Å². The third kappa shape index (κ3) is 8.94. The predicted molar refractivity (Wildman–Crippen MR) is 129 cm³/mol. The molecule has 0 aliphatic carbocycles. The quantitative estimate of drug-likeness (QED) is 0.425. The van der Waals surface area contributed by atoms with E-state index in [9.17, 15) is 19.5 Å². The molecule has 1 rings (SSSR count). The number of ether oxygens (including phenoxy) is 1. The number of carbonyl (C=O) groups is 3. The Kier molecular flexibility index (Phi) is 10.7. The van der Waals surface area contributed by atoms with Crippen LogP contribution in [0.15, 0.2) is 24.3 Å². The summed E-state index contributed by atoms with van der Waals surface area (Å²) >= 11 is 0. The number of aromatic hydroxyl groups is 1. The van der Waals surface area contributed by atoms with E-state index in [2.05, 4.69) is 17.6 Å². The molecular weight excluding hydrogens is 422 g/mol. The average molecular weight is 464 g/mol. The Labute approximate surface area is 198 Å². The van der Waals surface area contributed by atoms with Crippen LogP contribution in [-0.2, 0) is 14.3 Å². The first kappa shape index (κ1) is 28.3. The van der Waals surface area contributed by atoms with Crippen molar-refractivity contribution in [2.24, 2.45) is 0 Å². The second-order valence-electron chi connectivity index (χ2n) is 9.74. The van der Waals surface area contributed by atoms with Crippen molar-refractivity contribution in [1.29, 1.82) is 0 Å². The summed E-state index contributed by atoms with van der Waals surface area (Å²) in [6, 6.07) is 5.45. The normalized spacial score (nSPS) is 12.6. The molecule has 0 spiro atoms. The number of rotatable bonds is 11. The maximum atomic E-state index is 13.4. The van der Waals surface area contributed by atoms with Gasteiger partial charge >= 0.3 is 6.09 Å². The molecule has 186 valence electrons. The minimum Gasteiger partial charge on any atom is -0.508 e. The number of unbranched alkanes of at least 4 members (excludes halogenated alkanes) is 2. The lowest BCUT2D eigenvalue weighted by atomic mass is 9.92. The van der Waals surface area contributed by atoms with Gasteiger partial charge in [0.15, 0.2) is 0 Å². The first-order chi connectivity index (χ1) is 15.3. The number of nitrogens with one attached hydrogen (secondary N) is 2. The zero-order valence-corrected chi connectivity index (χ0v) is 21.2. The summed E-state index contributed by atoms with van der Waals surface area (Å²) in [5.41, 5.74) is -1.11. The first-order valence-corrected chi connectivity index (χ1v) is 11.7. The highest BCUT2D eigenvalue weighted by Crippen LogP contribution is 2.35. The zero-order valence-electron chi connectivity index (χ0n) is 21.2. The minimum absolute atomic E-state index is 0.0731. The van der Waals surface area contributed by atoms with Crippen LogP contribution in [0.25, 0.3) is 0 Å². The van der Waals surface area contributed by atoms with Crippen LogP contribution in [0.1, 0.15) is 85.8 Å². The Morgan fingerprint density at radius 1 is 1.03 bits per heavy atom. The third-order valence-electron chi connectivity index (χ3n) is 5.39. The maximum Gasteiger partial charge on any atom is 0.408 e. The van der Waals surface area contributed by atoms with Crippen LogP contribution in [0.5, 0.6) is 5.75 Å². The molecule has 33 heavy (non-hydrogen) atoms. The molecule has 3 amide bonds. The summed E-state index contributed by atoms with van der Waals surface area (Å²) in [7, 11) is 0. The molecule has 0 saturated carbocycles. The number of hydrogen-bond donors (Lipinski definition) is 3. The van der Waals surface area contributed by atoms with Gasteiger partial charge in [-0.05, 0) is 53.5 Å². The minimum atomic E-state index is -1.06. The van der Waals surface area contributed by atoms with Crippen molar-refractivity contribution in [1.82, 2.24) is 15.5 Å². The highest BCUT2D eigenvalue weighted by atomic mass is 16.6. The van der Waals surface area contributed by atoms with Crippen molar-refractivity contribution in [3.8, 4) is 5.75 Å². The molecule has 1 unspecified atom stereocenters. The molecule has 0 radical (unpaired) electrons. The van der Waals surface area contributed by atoms with Crippen LogP contribution >= 0.6 is 0 Å². The molecule has 0 heterocycles. The van der Waals surface area contributed by atoms with Gasteiger partial charge in [0.1, 0.15) is 23.9 Å². The zero-order chi connectivity index (χ0) is 25.2. The molecule has 1 atom stereocenters. The number of benzene rings is 1. The number of phenolic OH excluding ortho intramolecular Hbond substituents is 1. The highest BCUT2D eigenvalue weighted by Gasteiger charge is 2.41. The Balaban J connectivity index is 3.29. The monoisotopic (exact) mass is 463 g/mol. The predicted octanol–water partition coefficient (Wildman–Crippen LogP) is 4.28. The second-order valence-corrected chi connectivity index (χ2v) is 9.74. The number of para-hydroxylation sites is 1. The molecule has 8 nitrogen and oxygen atoms in total. The van der Waals surface area contributed by atoms with E-state index >= 15 is 0 Å². The van der Waals surface area contributed by atoms with Gasteiger partial charge < -0.3 is 25.4 Å². The largest absolute Gasteiger partial charge is 0.508 e. The van der Waals surface area contributed by atoms with Crippen molar-refractivity contribution in [3.05, 3.63) is 29.8 Å². The van der Waals surface area contributed by atoms with Crippen LogP contribution in [0.3, 0.4) is 0 Å². The summed E-state index contributed by atoms with van der Waals surface area (Å²) in [5.74, 6) is -0.902. The van der Waals surface area contributed by atoms with Gasteiger partial charge in [-0.25, -0.2) is 4.79 Å². The van der Waals surface area contributed by atoms with E-state index in [1.807, 2.05) is 20.8 Å². The Morgan fingerprint density at radius 3 is 2.21 bits per heavy atom. The fourth-order valence-corrected chi connectivity index (χ4v) is 3.35. The van der Waals surface area contributed by atoms with Gasteiger partial charge in [0.2, 0.25) is 11.8 Å². The van der Waals surface area contributed by atoms with Gasteiger partial charge in [-0.15, -0.1) is 0 Å². The van der Waals surface area contributed by atoms with E-state index in [1.165, 1.54) is 11.0 Å². The lowest BCUT2D eigenvalue weighted by molar-refractivity contribution is -0.146. The van der Waals surface area contributed by atoms with Crippen molar-refractivity contribution >= 4 is 17.9 Å². The number of hydrogen-bond acceptors (Lipinski definition) is 5. The number of nitrogens with zero attached hydrogens (tertiary/aromatic N) is 1. The lowest BCUT2D eigenvalue weighted by Crippen LogP contribution is -2.56. The van der Waals surface area contributed by atoms with E-state index in [1.54, 1.807) is 39.0 Å². The summed E-state index contributed by atoms with van der Waals surface area (Å²) < 4.78 is 5.23. The average Bonchev–Trinajstić information content (AvgIpc) is 2.72. The van der Waals surface area contributed by atoms with E-state index in [-0.39, 0.29) is 18.2 Å². The van der Waals surface area contributed by atoms with Gasteiger partial charge in [0, 0.05) is 17.6 Å². The smallest absolute Gasteiger partial charge is 0.408 e. The Hall–Kier alpha value is -2.77. The summed E-state index contributed by atoms with van der Waals surface area (Å²) in [5, 5.41) is 16.0. The van der Waals surface area contributed by atoms with Gasteiger partial charge in [-0.2, -0.15) is 0 Å². The summed E-state index contributed by atoms with van der Waals surface area (Å²) in [4.78, 5) is 40.4. The van der Waals surface area contributed by atoms with Gasteiger partial charge in [0.05, 0.1) is 0 Å². The van der Waals surface area contributed by atoms with E-state index in [0.717, 1.165) is 19.3 Å². The molecule has 0 aromatic heterocycles. The third-order valence-corrected chi connectivity index (χ3v) is 5.39.